The van der Waals surface area contributed by atoms with Crippen molar-refractivity contribution < 1.29 is 28.6 Å². The van der Waals surface area contributed by atoms with Gasteiger partial charge in [0.1, 0.15) is 13.2 Å². The van der Waals surface area contributed by atoms with Gasteiger partial charge in [-0.1, -0.05) is 216 Å². The Hall–Kier alpha value is -2.89. The highest BCUT2D eigenvalue weighted by Gasteiger charge is 2.19. The molecule has 0 radical (unpaired) electrons. The van der Waals surface area contributed by atoms with E-state index in [0.29, 0.717) is 19.3 Å². The van der Waals surface area contributed by atoms with Gasteiger partial charge in [-0.2, -0.15) is 0 Å². The highest BCUT2D eigenvalue weighted by Crippen LogP contribution is 2.15. The van der Waals surface area contributed by atoms with Gasteiger partial charge in [0.15, 0.2) is 6.10 Å². The second-order valence-corrected chi connectivity index (χ2v) is 18.5. The van der Waals surface area contributed by atoms with Crippen molar-refractivity contribution in [3.05, 3.63) is 60.8 Å². The summed E-state index contributed by atoms with van der Waals surface area (Å²) in [5.74, 6) is -0.937. The molecule has 0 aliphatic carbocycles. The molecule has 0 aliphatic heterocycles. The van der Waals surface area contributed by atoms with Crippen LogP contribution < -0.4 is 0 Å². The van der Waals surface area contributed by atoms with E-state index in [1.807, 2.05) is 0 Å². The lowest BCUT2D eigenvalue weighted by Gasteiger charge is -2.18. The van der Waals surface area contributed by atoms with Crippen LogP contribution in [0.15, 0.2) is 60.8 Å². The van der Waals surface area contributed by atoms with Crippen molar-refractivity contribution in [3.63, 3.8) is 0 Å². The Bertz CT molecular complexity index is 1180. The molecule has 0 N–H and O–H groups in total. The summed E-state index contributed by atoms with van der Waals surface area (Å²) in [6.45, 7) is 6.49. The van der Waals surface area contributed by atoms with Crippen LogP contribution in [0.3, 0.4) is 0 Å². The van der Waals surface area contributed by atoms with E-state index >= 15 is 0 Å². The Morgan fingerprint density at radius 1 is 0.323 bits per heavy atom. The molecule has 6 nitrogen and oxygen atoms in total. The van der Waals surface area contributed by atoms with Crippen LogP contribution in [0.4, 0.5) is 0 Å². The lowest BCUT2D eigenvalue weighted by Crippen LogP contribution is -2.30. The summed E-state index contributed by atoms with van der Waals surface area (Å²) in [5.41, 5.74) is 0. The fourth-order valence-electron chi connectivity index (χ4n) is 7.80. The van der Waals surface area contributed by atoms with Gasteiger partial charge >= 0.3 is 17.9 Å². The van der Waals surface area contributed by atoms with Crippen LogP contribution in [0.1, 0.15) is 278 Å². The van der Waals surface area contributed by atoms with Gasteiger partial charge in [0.2, 0.25) is 0 Å². The molecule has 0 fully saturated rings. The lowest BCUT2D eigenvalue weighted by molar-refractivity contribution is -0.167. The molecule has 0 aromatic heterocycles. The molecule has 0 aromatic rings. The zero-order chi connectivity index (χ0) is 47.2. The number of unbranched alkanes of at least 4 members (excludes halogenated alkanes) is 29. The Morgan fingerprint density at radius 2 is 0.600 bits per heavy atom. The normalized spacial score (nSPS) is 12.5. The van der Waals surface area contributed by atoms with E-state index < -0.39 is 6.10 Å². The third-order valence-corrected chi connectivity index (χ3v) is 12.0. The number of carbonyl (C=O) groups excluding carboxylic acids is 3. The van der Waals surface area contributed by atoms with Crippen LogP contribution >= 0.6 is 0 Å². The molecule has 0 aromatic carbocycles. The summed E-state index contributed by atoms with van der Waals surface area (Å²) in [5, 5.41) is 0. The van der Waals surface area contributed by atoms with E-state index in [1.165, 1.54) is 154 Å². The molecule has 6 heteroatoms. The van der Waals surface area contributed by atoms with Crippen molar-refractivity contribution in [3.8, 4) is 0 Å². The van der Waals surface area contributed by atoms with Gasteiger partial charge in [0, 0.05) is 19.3 Å². The van der Waals surface area contributed by atoms with E-state index in [0.717, 1.165) is 83.5 Å². The van der Waals surface area contributed by atoms with Crippen LogP contribution in [-0.2, 0) is 28.6 Å². The maximum absolute atomic E-state index is 12.8. The number of ether oxygens (including phenoxy) is 3. The molecule has 1 atom stereocenters. The van der Waals surface area contributed by atoms with Gasteiger partial charge in [-0.05, 0) is 103 Å². The first kappa shape index (κ1) is 62.1. The number of rotatable bonds is 50. The standard InChI is InChI=1S/C59H104O6/c1-4-7-10-13-16-19-22-25-27-29-31-32-34-37-40-43-46-49-52-58(61)64-55-56(54-63-57(60)51-48-45-42-39-36-24-21-18-15-12-9-6-3)65-59(62)53-50-47-44-41-38-35-33-30-28-26-23-20-17-14-11-8-5-2/h9,12,18,21,26,28,31-32,36,39,56H,4-8,10-11,13-17,19-20,22-25,27,29-30,33-35,37-38,40-55H2,1-3H3/b12-9-,21-18-,28-26-,32-31-,39-36-. The van der Waals surface area contributed by atoms with Gasteiger partial charge in [0.25, 0.3) is 0 Å². The van der Waals surface area contributed by atoms with E-state index in [9.17, 15) is 14.4 Å². The largest absolute Gasteiger partial charge is 0.462 e. The molecule has 0 heterocycles. The first-order valence-electron chi connectivity index (χ1n) is 27.8. The third-order valence-electron chi connectivity index (χ3n) is 12.0. The predicted molar refractivity (Wildman–Crippen MR) is 279 cm³/mol. The Labute approximate surface area is 402 Å². The fourth-order valence-corrected chi connectivity index (χ4v) is 7.80. The van der Waals surface area contributed by atoms with E-state index in [4.69, 9.17) is 14.2 Å². The lowest BCUT2D eigenvalue weighted by atomic mass is 10.1. The smallest absolute Gasteiger partial charge is 0.306 e. The highest BCUT2D eigenvalue weighted by atomic mass is 16.6. The Morgan fingerprint density at radius 3 is 0.985 bits per heavy atom. The number of hydrogen-bond donors (Lipinski definition) is 0. The second kappa shape index (κ2) is 53.7. The van der Waals surface area contributed by atoms with Crippen LogP contribution in [0.25, 0.3) is 0 Å². The minimum atomic E-state index is -0.794. The van der Waals surface area contributed by atoms with Gasteiger partial charge in [-0.3, -0.25) is 14.4 Å². The molecular weight excluding hydrogens is 805 g/mol. The molecule has 0 spiro atoms. The zero-order valence-corrected chi connectivity index (χ0v) is 43.0. The van der Waals surface area contributed by atoms with Gasteiger partial charge in [-0.25, -0.2) is 0 Å². The van der Waals surface area contributed by atoms with E-state index in [2.05, 4.69) is 81.5 Å². The summed E-state index contributed by atoms with van der Waals surface area (Å²) >= 11 is 0. The molecule has 0 rings (SSSR count). The predicted octanol–water partition coefficient (Wildman–Crippen LogP) is 18.4. The molecule has 1 unspecified atom stereocenters. The molecule has 0 saturated carbocycles. The molecule has 0 amide bonds. The van der Waals surface area contributed by atoms with Crippen LogP contribution in [0.2, 0.25) is 0 Å². The molecule has 0 bridgehead atoms. The first-order valence-corrected chi connectivity index (χ1v) is 27.8. The minimum Gasteiger partial charge on any atom is -0.462 e. The average molecular weight is 909 g/mol. The van der Waals surface area contributed by atoms with Gasteiger partial charge in [0.05, 0.1) is 0 Å². The van der Waals surface area contributed by atoms with Crippen molar-refractivity contribution in [2.45, 2.75) is 284 Å². The Kier molecular flexibility index (Phi) is 51.3. The minimum absolute atomic E-state index is 0.0917. The van der Waals surface area contributed by atoms with E-state index in [1.54, 1.807) is 0 Å². The number of esters is 3. The van der Waals surface area contributed by atoms with Crippen molar-refractivity contribution in [1.82, 2.24) is 0 Å². The van der Waals surface area contributed by atoms with Crippen LogP contribution in [0.5, 0.6) is 0 Å². The topological polar surface area (TPSA) is 78.9 Å². The molecule has 0 saturated heterocycles. The van der Waals surface area contributed by atoms with Crippen LogP contribution in [0, 0.1) is 0 Å². The summed E-state index contributed by atoms with van der Waals surface area (Å²) in [6.07, 6.45) is 66.4. The number of allylic oxidation sites excluding steroid dienone is 10. The molecule has 0 aliphatic rings. The van der Waals surface area contributed by atoms with Gasteiger partial charge < -0.3 is 14.2 Å². The third kappa shape index (κ3) is 51.9. The fraction of sp³-hybridized carbons (Fsp3) is 0.780. The number of carbonyl (C=O) groups is 3. The maximum atomic E-state index is 12.8. The summed E-state index contributed by atoms with van der Waals surface area (Å²) in [7, 11) is 0. The van der Waals surface area contributed by atoms with Crippen molar-refractivity contribution in [2.75, 3.05) is 13.2 Å². The highest BCUT2D eigenvalue weighted by molar-refractivity contribution is 5.71. The van der Waals surface area contributed by atoms with Crippen LogP contribution in [-0.4, -0.2) is 37.2 Å². The molecule has 65 heavy (non-hydrogen) atoms. The Balaban J connectivity index is 4.39. The monoisotopic (exact) mass is 909 g/mol. The summed E-state index contributed by atoms with van der Waals surface area (Å²) in [4.78, 5) is 38.0. The summed E-state index contributed by atoms with van der Waals surface area (Å²) in [6, 6.07) is 0. The molecular formula is C59H104O6. The molecule has 376 valence electrons. The summed E-state index contributed by atoms with van der Waals surface area (Å²) < 4.78 is 16.8. The maximum Gasteiger partial charge on any atom is 0.306 e. The average Bonchev–Trinajstić information content (AvgIpc) is 3.30. The number of hydrogen-bond acceptors (Lipinski definition) is 6. The second-order valence-electron chi connectivity index (χ2n) is 18.5. The quantitative estimate of drug-likeness (QED) is 0.0262. The van der Waals surface area contributed by atoms with Crippen molar-refractivity contribution in [1.29, 1.82) is 0 Å². The SMILES string of the molecule is CC/C=C\C/C=C\C/C=C\CCCCC(=O)OCC(COC(=O)CCCCCCC/C=C\CCCCCCCCCCC)OC(=O)CCCCCCCCC/C=C\CCCCCCCC. The zero-order valence-electron chi connectivity index (χ0n) is 43.0. The first-order chi connectivity index (χ1) is 32.0. The van der Waals surface area contributed by atoms with Crippen molar-refractivity contribution in [2.24, 2.45) is 0 Å². The van der Waals surface area contributed by atoms with E-state index in [-0.39, 0.29) is 31.1 Å². The van der Waals surface area contributed by atoms with Gasteiger partial charge in [-0.15, -0.1) is 0 Å². The van der Waals surface area contributed by atoms with Crippen molar-refractivity contribution >= 4 is 17.9 Å².